The molecular weight excluding hydrogens is 282 g/mol. The van der Waals surface area contributed by atoms with Gasteiger partial charge in [-0.25, -0.2) is 0 Å². The van der Waals surface area contributed by atoms with Crippen molar-refractivity contribution in [1.29, 1.82) is 0 Å². The van der Waals surface area contributed by atoms with Crippen LogP contribution in [-0.4, -0.2) is 50.3 Å². The Kier molecular flexibility index (Phi) is 5.55. The summed E-state index contributed by atoms with van der Waals surface area (Å²) in [6.07, 6.45) is 9.54. The molecule has 1 spiro atoms. The number of nitrogens with zero attached hydrogens (tertiary/aromatic N) is 1. The first kappa shape index (κ1) is 16.0. The van der Waals surface area contributed by atoms with Crippen LogP contribution >= 0.6 is 0 Å². The maximum atomic E-state index is 6.16. The van der Waals surface area contributed by atoms with Gasteiger partial charge in [-0.1, -0.05) is 12.8 Å². The van der Waals surface area contributed by atoms with Gasteiger partial charge in [0.1, 0.15) is 6.10 Å². The Hall–Kier alpha value is -0.850. The van der Waals surface area contributed by atoms with Gasteiger partial charge < -0.3 is 25.3 Å². The molecule has 2 aliphatic heterocycles. The summed E-state index contributed by atoms with van der Waals surface area (Å²) in [6, 6.07) is 0. The topological polar surface area (TPSA) is 78.1 Å². The van der Waals surface area contributed by atoms with Crippen molar-refractivity contribution in [1.82, 2.24) is 5.32 Å². The highest BCUT2D eigenvalue weighted by atomic mass is 16.7. The summed E-state index contributed by atoms with van der Waals surface area (Å²) >= 11 is 0. The first-order valence-electron chi connectivity index (χ1n) is 8.73. The fourth-order valence-electron chi connectivity index (χ4n) is 3.52. The molecule has 6 nitrogen and oxygen atoms in total. The second kappa shape index (κ2) is 7.62. The van der Waals surface area contributed by atoms with E-state index in [0.29, 0.717) is 19.1 Å². The molecule has 0 bridgehead atoms. The first-order valence-corrected chi connectivity index (χ1v) is 8.73. The molecule has 3 fully saturated rings. The number of ether oxygens (including phenoxy) is 3. The van der Waals surface area contributed by atoms with Gasteiger partial charge in [0.15, 0.2) is 11.7 Å². The average Bonchev–Trinajstić information content (AvgIpc) is 3.11. The van der Waals surface area contributed by atoms with E-state index < -0.39 is 0 Å². The second-order valence-corrected chi connectivity index (χ2v) is 6.62. The zero-order chi connectivity index (χ0) is 15.3. The van der Waals surface area contributed by atoms with E-state index >= 15 is 0 Å². The highest BCUT2D eigenvalue weighted by molar-refractivity contribution is 5.77. The monoisotopic (exact) mass is 311 g/mol. The fraction of sp³-hybridized carbons (Fsp3) is 0.938. The third kappa shape index (κ3) is 4.33. The summed E-state index contributed by atoms with van der Waals surface area (Å²) in [5.74, 6) is 0.136. The van der Waals surface area contributed by atoms with Gasteiger partial charge in [-0.15, -0.1) is 0 Å². The molecule has 22 heavy (non-hydrogen) atoms. The van der Waals surface area contributed by atoms with Crippen molar-refractivity contribution in [3.05, 3.63) is 0 Å². The van der Waals surface area contributed by atoms with Crippen LogP contribution < -0.4 is 11.1 Å². The zero-order valence-electron chi connectivity index (χ0n) is 13.4. The van der Waals surface area contributed by atoms with Crippen LogP contribution in [0.2, 0.25) is 0 Å². The summed E-state index contributed by atoms with van der Waals surface area (Å²) in [7, 11) is 0. The lowest BCUT2D eigenvalue weighted by Crippen LogP contribution is -2.38. The van der Waals surface area contributed by atoms with Crippen LogP contribution in [0.3, 0.4) is 0 Å². The van der Waals surface area contributed by atoms with E-state index in [9.17, 15) is 0 Å². The van der Waals surface area contributed by atoms with E-state index in [1.807, 2.05) is 0 Å². The largest absolute Gasteiger partial charge is 0.376 e. The summed E-state index contributed by atoms with van der Waals surface area (Å²) in [5, 5.41) is 3.14. The van der Waals surface area contributed by atoms with Crippen LogP contribution in [0.5, 0.6) is 0 Å². The lowest BCUT2D eigenvalue weighted by atomic mass is 10.1. The molecule has 0 aromatic heterocycles. The van der Waals surface area contributed by atoms with Crippen molar-refractivity contribution in [2.24, 2.45) is 10.7 Å². The number of nitrogens with two attached hydrogens (primary N) is 1. The van der Waals surface area contributed by atoms with Crippen LogP contribution in [0.15, 0.2) is 4.99 Å². The molecule has 1 aliphatic carbocycles. The van der Waals surface area contributed by atoms with Crippen molar-refractivity contribution in [2.45, 2.75) is 69.4 Å². The van der Waals surface area contributed by atoms with E-state index in [2.05, 4.69) is 10.3 Å². The zero-order valence-corrected chi connectivity index (χ0v) is 13.4. The highest BCUT2D eigenvalue weighted by Gasteiger charge is 2.41. The maximum Gasteiger partial charge on any atom is 0.188 e. The number of aliphatic imine (C=N–C) groups is 1. The lowest BCUT2D eigenvalue weighted by molar-refractivity contribution is -0.174. The van der Waals surface area contributed by atoms with Gasteiger partial charge in [0.25, 0.3) is 0 Å². The van der Waals surface area contributed by atoms with Crippen molar-refractivity contribution in [2.75, 3.05) is 26.3 Å². The molecule has 3 aliphatic rings. The van der Waals surface area contributed by atoms with E-state index in [-0.39, 0.29) is 18.0 Å². The van der Waals surface area contributed by atoms with E-state index in [4.69, 9.17) is 19.9 Å². The third-order valence-electron chi connectivity index (χ3n) is 4.78. The molecule has 0 amide bonds. The molecule has 0 radical (unpaired) electrons. The second-order valence-electron chi connectivity index (χ2n) is 6.62. The van der Waals surface area contributed by atoms with Gasteiger partial charge in [0.2, 0.25) is 0 Å². The number of nitrogens with one attached hydrogen (secondary N) is 1. The molecular formula is C16H29N3O3. The molecule has 1 saturated carbocycles. The Bertz CT molecular complexity index is 375. The van der Waals surface area contributed by atoms with Crippen molar-refractivity contribution in [3.8, 4) is 0 Å². The highest BCUT2D eigenvalue weighted by Crippen LogP contribution is 2.36. The van der Waals surface area contributed by atoms with Crippen LogP contribution in [0, 0.1) is 0 Å². The Morgan fingerprint density at radius 2 is 1.95 bits per heavy atom. The summed E-state index contributed by atoms with van der Waals surface area (Å²) in [4.78, 5) is 4.39. The predicted octanol–water partition coefficient (Wildman–Crippen LogP) is 1.54. The number of hydrogen-bond acceptors (Lipinski definition) is 4. The first-order chi connectivity index (χ1) is 10.8. The van der Waals surface area contributed by atoms with Crippen LogP contribution in [0.25, 0.3) is 0 Å². The fourth-order valence-corrected chi connectivity index (χ4v) is 3.52. The molecule has 0 aromatic carbocycles. The molecule has 2 saturated heterocycles. The van der Waals surface area contributed by atoms with Gasteiger partial charge in [-0.05, 0) is 25.7 Å². The Balaban J connectivity index is 1.40. The Morgan fingerprint density at radius 3 is 2.68 bits per heavy atom. The van der Waals surface area contributed by atoms with Crippen molar-refractivity contribution >= 4 is 5.96 Å². The maximum absolute atomic E-state index is 6.16. The van der Waals surface area contributed by atoms with Gasteiger partial charge in [-0.3, -0.25) is 4.99 Å². The third-order valence-corrected chi connectivity index (χ3v) is 4.78. The van der Waals surface area contributed by atoms with Gasteiger partial charge >= 0.3 is 0 Å². The molecule has 3 rings (SSSR count). The summed E-state index contributed by atoms with van der Waals surface area (Å²) < 4.78 is 17.7. The van der Waals surface area contributed by atoms with Crippen LogP contribution in [0.1, 0.15) is 51.4 Å². The minimum Gasteiger partial charge on any atom is -0.376 e. The van der Waals surface area contributed by atoms with E-state index in [1.165, 1.54) is 25.7 Å². The quantitative estimate of drug-likeness (QED) is 0.608. The van der Waals surface area contributed by atoms with Gasteiger partial charge in [0, 0.05) is 26.0 Å². The molecule has 2 atom stereocenters. The normalized spacial score (nSPS) is 32.3. The van der Waals surface area contributed by atoms with Gasteiger partial charge in [0.05, 0.1) is 19.3 Å². The smallest absolute Gasteiger partial charge is 0.188 e. The van der Waals surface area contributed by atoms with Crippen molar-refractivity contribution < 1.29 is 14.2 Å². The van der Waals surface area contributed by atoms with Crippen LogP contribution in [0.4, 0.5) is 0 Å². The number of rotatable bonds is 4. The summed E-state index contributed by atoms with van der Waals surface area (Å²) in [5.41, 5.74) is 5.91. The lowest BCUT2D eigenvalue weighted by Gasteiger charge is -2.26. The average molecular weight is 311 g/mol. The minimum atomic E-state index is -0.337. The van der Waals surface area contributed by atoms with E-state index in [1.54, 1.807) is 0 Å². The molecule has 0 aromatic rings. The van der Waals surface area contributed by atoms with Crippen molar-refractivity contribution in [3.63, 3.8) is 0 Å². The number of hydrogen-bond donors (Lipinski definition) is 2. The number of guanidine groups is 1. The molecule has 6 heteroatoms. The SMILES string of the molecule is NC(=NCC1COC2(CCCCCC2)O1)NCC1CCCO1. The molecule has 2 heterocycles. The molecule has 2 unspecified atom stereocenters. The molecule has 126 valence electrons. The minimum absolute atomic E-state index is 0.0289. The van der Waals surface area contributed by atoms with Crippen LogP contribution in [-0.2, 0) is 14.2 Å². The standard InChI is InChI=1S/C16H29N3O3/c17-15(18-10-13-6-5-9-20-13)19-11-14-12-21-16(22-14)7-3-1-2-4-8-16/h13-14H,1-12H2,(H3,17,18,19). The predicted molar refractivity (Wildman–Crippen MR) is 84.7 cm³/mol. The Morgan fingerprint density at radius 1 is 1.14 bits per heavy atom. The van der Waals surface area contributed by atoms with Gasteiger partial charge in [-0.2, -0.15) is 0 Å². The summed E-state index contributed by atoms with van der Waals surface area (Å²) in [6.45, 7) is 2.79. The Labute approximate surface area is 132 Å². The van der Waals surface area contributed by atoms with E-state index in [0.717, 1.165) is 38.8 Å². The molecule has 3 N–H and O–H groups in total.